The highest BCUT2D eigenvalue weighted by Gasteiger charge is 2.23. The lowest BCUT2D eigenvalue weighted by molar-refractivity contribution is -0.141. The van der Waals surface area contributed by atoms with Crippen molar-refractivity contribution in [3.05, 3.63) is 106 Å². The lowest BCUT2D eigenvalue weighted by Crippen LogP contribution is -2.43. The van der Waals surface area contributed by atoms with Crippen molar-refractivity contribution in [2.75, 3.05) is 0 Å². The number of hydrogen-bond donors (Lipinski definition) is 2. The highest BCUT2D eigenvalue weighted by molar-refractivity contribution is 6.02. The van der Waals surface area contributed by atoms with Gasteiger partial charge in [0.25, 0.3) is 0 Å². The molecule has 2 N–H and O–H groups in total. The van der Waals surface area contributed by atoms with E-state index in [0.29, 0.717) is 22.1 Å². The first kappa shape index (κ1) is 23.1. The Hall–Kier alpha value is -4.65. The molecule has 2 aromatic heterocycles. The van der Waals surface area contributed by atoms with E-state index < -0.39 is 23.5 Å². The highest BCUT2D eigenvalue weighted by Crippen LogP contribution is 2.34. The van der Waals surface area contributed by atoms with Crippen molar-refractivity contribution < 1.29 is 23.5 Å². The number of amides is 1. The first-order chi connectivity index (χ1) is 17.4. The molecule has 0 fully saturated rings. The molecule has 7 nitrogen and oxygen atoms in total. The summed E-state index contributed by atoms with van der Waals surface area (Å²) in [6.45, 7) is 1.76. The fraction of sp³-hybridized carbons (Fsp3) is 0.138. The Morgan fingerprint density at radius 1 is 0.944 bits per heavy atom. The van der Waals surface area contributed by atoms with Crippen LogP contribution >= 0.6 is 0 Å². The van der Waals surface area contributed by atoms with Gasteiger partial charge in [-0.05, 0) is 29.7 Å². The van der Waals surface area contributed by atoms with Crippen molar-refractivity contribution in [1.82, 2.24) is 5.32 Å². The molecule has 0 saturated carbocycles. The molecule has 2 heterocycles. The number of rotatable bonds is 7. The number of aryl methyl sites for hydroxylation is 1. The summed E-state index contributed by atoms with van der Waals surface area (Å²) in [5.41, 5.74) is 3.77. The highest BCUT2D eigenvalue weighted by atomic mass is 16.4. The van der Waals surface area contributed by atoms with E-state index in [1.165, 1.54) is 0 Å². The zero-order valence-corrected chi connectivity index (χ0v) is 19.5. The third kappa shape index (κ3) is 4.51. The zero-order chi connectivity index (χ0) is 25.2. The topological polar surface area (TPSA) is 110 Å². The Morgan fingerprint density at radius 2 is 1.64 bits per heavy atom. The van der Waals surface area contributed by atoms with Gasteiger partial charge in [0, 0.05) is 28.8 Å². The van der Waals surface area contributed by atoms with E-state index in [1.54, 1.807) is 43.5 Å². The molecule has 1 atom stereocenters. The second-order valence-electron chi connectivity index (χ2n) is 8.68. The van der Waals surface area contributed by atoms with Crippen molar-refractivity contribution in [1.29, 1.82) is 0 Å². The van der Waals surface area contributed by atoms with Crippen molar-refractivity contribution in [3.8, 4) is 11.1 Å². The van der Waals surface area contributed by atoms with E-state index in [-0.39, 0.29) is 18.4 Å². The van der Waals surface area contributed by atoms with Crippen LogP contribution in [0.2, 0.25) is 0 Å². The van der Waals surface area contributed by atoms with Gasteiger partial charge in [-0.1, -0.05) is 60.7 Å². The molecule has 0 saturated heterocycles. The Labute approximate surface area is 206 Å². The van der Waals surface area contributed by atoms with Gasteiger partial charge in [-0.3, -0.25) is 4.79 Å². The van der Waals surface area contributed by atoms with Gasteiger partial charge in [-0.25, -0.2) is 9.59 Å². The van der Waals surface area contributed by atoms with E-state index in [2.05, 4.69) is 5.32 Å². The van der Waals surface area contributed by atoms with Crippen LogP contribution in [0, 0.1) is 6.92 Å². The predicted molar refractivity (Wildman–Crippen MR) is 136 cm³/mol. The lowest BCUT2D eigenvalue weighted by Gasteiger charge is -2.15. The van der Waals surface area contributed by atoms with Gasteiger partial charge in [0.1, 0.15) is 17.2 Å². The molecule has 0 unspecified atom stereocenters. The molecule has 7 heteroatoms. The normalized spacial score (nSPS) is 12.0. The summed E-state index contributed by atoms with van der Waals surface area (Å²) in [5.74, 6) is -1.72. The first-order valence-corrected chi connectivity index (χ1v) is 11.5. The van der Waals surface area contributed by atoms with Crippen LogP contribution in [0.25, 0.3) is 33.1 Å². The van der Waals surface area contributed by atoms with Gasteiger partial charge in [0.05, 0.1) is 18.2 Å². The summed E-state index contributed by atoms with van der Waals surface area (Å²) in [4.78, 5) is 37.3. The number of hydrogen-bond acceptors (Lipinski definition) is 5. The molecule has 0 spiro atoms. The summed E-state index contributed by atoms with van der Waals surface area (Å²) in [5, 5.41) is 13.7. The predicted octanol–water partition coefficient (Wildman–Crippen LogP) is 4.87. The maximum atomic E-state index is 12.8. The molecule has 0 bridgehead atoms. The molecule has 1 amide bonds. The van der Waals surface area contributed by atoms with E-state index in [1.807, 2.05) is 42.5 Å². The molecular weight excluding hydrogens is 458 g/mol. The van der Waals surface area contributed by atoms with E-state index in [4.69, 9.17) is 8.83 Å². The van der Waals surface area contributed by atoms with Gasteiger partial charge >= 0.3 is 11.6 Å². The molecular formula is C29H23NO6. The number of benzene rings is 3. The maximum Gasteiger partial charge on any atom is 0.340 e. The standard InChI is InChI=1S/C29H23NO6/c1-17-20-13-22-23(19-10-6-3-7-11-19)16-35-25(22)15-26(20)36-29(34)21(17)14-27(31)30-24(28(32)33)12-18-8-4-2-5-9-18/h2-11,13,15-16,24H,12,14H2,1H3,(H,30,31)(H,32,33)/t24-/m0/s1. The summed E-state index contributed by atoms with van der Waals surface area (Å²) in [6, 6.07) is 21.3. The van der Waals surface area contributed by atoms with Crippen molar-refractivity contribution >= 4 is 33.8 Å². The summed E-state index contributed by atoms with van der Waals surface area (Å²) >= 11 is 0. The van der Waals surface area contributed by atoms with Gasteiger partial charge in [0.2, 0.25) is 5.91 Å². The van der Waals surface area contributed by atoms with Crippen LogP contribution in [-0.2, 0) is 22.4 Å². The number of carboxylic acid groups (broad SMARTS) is 1. The number of carboxylic acids is 1. The van der Waals surface area contributed by atoms with Crippen LogP contribution in [0.3, 0.4) is 0 Å². The van der Waals surface area contributed by atoms with Crippen LogP contribution in [-0.4, -0.2) is 23.0 Å². The molecule has 0 aliphatic rings. The SMILES string of the molecule is Cc1c(CC(=O)N[C@@H](Cc2ccccc2)C(=O)O)c(=O)oc2cc3occ(-c4ccccc4)c3cc12. The fourth-order valence-electron chi connectivity index (χ4n) is 4.41. The van der Waals surface area contributed by atoms with E-state index in [9.17, 15) is 19.5 Å². The van der Waals surface area contributed by atoms with Crippen LogP contribution < -0.4 is 10.9 Å². The largest absolute Gasteiger partial charge is 0.480 e. The fourth-order valence-corrected chi connectivity index (χ4v) is 4.41. The summed E-state index contributed by atoms with van der Waals surface area (Å²) < 4.78 is 11.3. The Kier molecular flexibility index (Phi) is 6.12. The number of fused-ring (bicyclic) bond motifs is 2. The second-order valence-corrected chi connectivity index (χ2v) is 8.68. The molecule has 36 heavy (non-hydrogen) atoms. The summed E-state index contributed by atoms with van der Waals surface area (Å²) in [7, 11) is 0. The van der Waals surface area contributed by atoms with Crippen LogP contribution in [0.1, 0.15) is 16.7 Å². The van der Waals surface area contributed by atoms with Crippen LogP contribution in [0.5, 0.6) is 0 Å². The number of furan rings is 1. The van der Waals surface area contributed by atoms with Crippen LogP contribution in [0.4, 0.5) is 0 Å². The molecule has 3 aromatic carbocycles. The number of carbonyl (C=O) groups is 2. The Morgan fingerprint density at radius 3 is 2.33 bits per heavy atom. The number of nitrogens with one attached hydrogen (secondary N) is 1. The van der Waals surface area contributed by atoms with Gasteiger partial charge < -0.3 is 19.3 Å². The first-order valence-electron chi connectivity index (χ1n) is 11.5. The molecule has 5 rings (SSSR count). The molecule has 0 radical (unpaired) electrons. The van der Waals surface area contributed by atoms with E-state index >= 15 is 0 Å². The number of carbonyl (C=O) groups excluding carboxylic acids is 1. The minimum Gasteiger partial charge on any atom is -0.480 e. The second kappa shape index (κ2) is 9.54. The Bertz CT molecular complexity index is 1630. The molecule has 0 aliphatic carbocycles. The van der Waals surface area contributed by atoms with Gasteiger partial charge in [-0.15, -0.1) is 0 Å². The third-order valence-corrected chi connectivity index (χ3v) is 6.32. The zero-order valence-electron chi connectivity index (χ0n) is 19.5. The van der Waals surface area contributed by atoms with Crippen molar-refractivity contribution in [2.24, 2.45) is 0 Å². The summed E-state index contributed by atoms with van der Waals surface area (Å²) in [6.07, 6.45) is 1.51. The quantitative estimate of drug-likeness (QED) is 0.321. The minimum atomic E-state index is -1.15. The van der Waals surface area contributed by atoms with E-state index in [0.717, 1.165) is 22.1 Å². The molecule has 0 aliphatic heterocycles. The third-order valence-electron chi connectivity index (χ3n) is 6.32. The monoisotopic (exact) mass is 481 g/mol. The molecule has 180 valence electrons. The van der Waals surface area contributed by atoms with Gasteiger partial charge in [0.15, 0.2) is 0 Å². The van der Waals surface area contributed by atoms with Crippen molar-refractivity contribution in [3.63, 3.8) is 0 Å². The van der Waals surface area contributed by atoms with Crippen LogP contribution in [0.15, 0.2) is 92.7 Å². The average Bonchev–Trinajstić information content (AvgIpc) is 3.29. The maximum absolute atomic E-state index is 12.8. The smallest absolute Gasteiger partial charge is 0.340 e. The Balaban J connectivity index is 1.46. The number of aliphatic carboxylic acids is 1. The molecule has 5 aromatic rings. The van der Waals surface area contributed by atoms with Gasteiger partial charge in [-0.2, -0.15) is 0 Å². The minimum absolute atomic E-state index is 0.133. The van der Waals surface area contributed by atoms with Crippen molar-refractivity contribution in [2.45, 2.75) is 25.8 Å². The average molecular weight is 482 g/mol. The lowest BCUT2D eigenvalue weighted by atomic mass is 9.99.